The molecule has 0 saturated heterocycles. The number of nitrogens with one attached hydrogen (secondary N) is 2. The highest BCUT2D eigenvalue weighted by Gasteiger charge is 2.14. The van der Waals surface area contributed by atoms with Crippen LogP contribution in [0.4, 0.5) is 0 Å². The molecule has 5 heteroatoms. The van der Waals surface area contributed by atoms with E-state index in [9.17, 15) is 9.59 Å². The Morgan fingerprint density at radius 1 is 1.10 bits per heavy atom. The first-order valence-corrected chi connectivity index (χ1v) is 6.90. The number of carbonyl (C=O) groups is 2. The topological polar surface area (TPSA) is 78.4 Å². The third-order valence-electron chi connectivity index (χ3n) is 3.07. The lowest BCUT2D eigenvalue weighted by molar-refractivity contribution is -0.139. The van der Waals surface area contributed by atoms with E-state index in [-0.39, 0.29) is 12.5 Å². The average Bonchev–Trinajstić information content (AvgIpc) is 2.47. The molecule has 0 fully saturated rings. The van der Waals surface area contributed by atoms with Crippen LogP contribution in [0.15, 0.2) is 30.3 Å². The lowest BCUT2D eigenvalue weighted by Gasteiger charge is -2.16. The first kappa shape index (κ1) is 16.2. The molecule has 0 spiro atoms. The largest absolute Gasteiger partial charge is 0.396 e. The standard InChI is InChI=1S/C15H22N2O3/c1-2-16-14(19)15(20)17-10-8-13(9-11-18)12-6-4-3-5-7-12/h3-7,13,18H,2,8-11H2,1H3,(H,16,19)(H,17,20). The van der Waals surface area contributed by atoms with Crippen molar-refractivity contribution in [3.8, 4) is 0 Å². The molecule has 0 radical (unpaired) electrons. The SMILES string of the molecule is CCNC(=O)C(=O)NCCC(CCO)c1ccccc1. The number of likely N-dealkylation sites (N-methyl/N-ethyl adjacent to an activating group) is 1. The molecule has 0 aromatic heterocycles. The second-order valence-corrected chi connectivity index (χ2v) is 4.52. The zero-order valence-corrected chi connectivity index (χ0v) is 11.8. The van der Waals surface area contributed by atoms with Crippen molar-refractivity contribution in [1.82, 2.24) is 10.6 Å². The van der Waals surface area contributed by atoms with Crippen LogP contribution in [-0.4, -0.2) is 36.6 Å². The van der Waals surface area contributed by atoms with Gasteiger partial charge in [-0.05, 0) is 31.2 Å². The molecular weight excluding hydrogens is 256 g/mol. The smallest absolute Gasteiger partial charge is 0.309 e. The second kappa shape index (κ2) is 9.09. The Kier molecular flexibility index (Phi) is 7.35. The van der Waals surface area contributed by atoms with Gasteiger partial charge in [-0.2, -0.15) is 0 Å². The molecule has 110 valence electrons. The minimum absolute atomic E-state index is 0.101. The van der Waals surface area contributed by atoms with Crippen molar-refractivity contribution in [3.05, 3.63) is 35.9 Å². The van der Waals surface area contributed by atoms with Gasteiger partial charge < -0.3 is 15.7 Å². The van der Waals surface area contributed by atoms with E-state index in [2.05, 4.69) is 10.6 Å². The number of hydrogen-bond donors (Lipinski definition) is 3. The maximum Gasteiger partial charge on any atom is 0.309 e. The lowest BCUT2D eigenvalue weighted by atomic mass is 9.93. The number of rotatable bonds is 7. The molecule has 1 atom stereocenters. The Labute approximate surface area is 119 Å². The van der Waals surface area contributed by atoms with Gasteiger partial charge in [0.05, 0.1) is 0 Å². The number of aliphatic hydroxyl groups excluding tert-OH is 1. The quantitative estimate of drug-likeness (QED) is 0.645. The minimum Gasteiger partial charge on any atom is -0.396 e. The van der Waals surface area contributed by atoms with Gasteiger partial charge in [-0.3, -0.25) is 9.59 Å². The third-order valence-corrected chi connectivity index (χ3v) is 3.07. The summed E-state index contributed by atoms with van der Waals surface area (Å²) in [7, 11) is 0. The van der Waals surface area contributed by atoms with E-state index in [4.69, 9.17) is 5.11 Å². The Bertz CT molecular complexity index is 420. The maximum absolute atomic E-state index is 11.4. The van der Waals surface area contributed by atoms with Gasteiger partial charge in [-0.25, -0.2) is 0 Å². The summed E-state index contributed by atoms with van der Waals surface area (Å²) in [6.07, 6.45) is 1.33. The van der Waals surface area contributed by atoms with Crippen LogP contribution in [-0.2, 0) is 9.59 Å². The summed E-state index contributed by atoms with van der Waals surface area (Å²) >= 11 is 0. The van der Waals surface area contributed by atoms with Gasteiger partial charge in [0.25, 0.3) is 0 Å². The predicted octanol–water partition coefficient (Wildman–Crippen LogP) is 0.795. The summed E-state index contributed by atoms with van der Waals surface area (Å²) in [6, 6.07) is 9.86. The Hall–Kier alpha value is -1.88. The molecule has 0 aliphatic heterocycles. The van der Waals surface area contributed by atoms with Gasteiger partial charge in [0.2, 0.25) is 0 Å². The van der Waals surface area contributed by atoms with Gasteiger partial charge in [-0.15, -0.1) is 0 Å². The monoisotopic (exact) mass is 278 g/mol. The van der Waals surface area contributed by atoms with Gasteiger partial charge in [-0.1, -0.05) is 30.3 Å². The molecule has 0 saturated carbocycles. The summed E-state index contributed by atoms with van der Waals surface area (Å²) in [5.41, 5.74) is 1.13. The van der Waals surface area contributed by atoms with E-state index >= 15 is 0 Å². The number of aliphatic hydroxyl groups is 1. The summed E-state index contributed by atoms with van der Waals surface area (Å²) in [5, 5.41) is 14.2. The Balaban J connectivity index is 2.44. The lowest BCUT2D eigenvalue weighted by Crippen LogP contribution is -2.40. The Morgan fingerprint density at radius 3 is 2.35 bits per heavy atom. The number of carbonyl (C=O) groups excluding carboxylic acids is 2. The maximum atomic E-state index is 11.4. The summed E-state index contributed by atoms with van der Waals surface area (Å²) in [6.45, 7) is 2.71. The molecule has 1 aromatic carbocycles. The van der Waals surface area contributed by atoms with Crippen LogP contribution in [0.1, 0.15) is 31.2 Å². The molecule has 5 nitrogen and oxygen atoms in total. The normalized spacial score (nSPS) is 11.7. The highest BCUT2D eigenvalue weighted by atomic mass is 16.3. The van der Waals surface area contributed by atoms with Gasteiger partial charge in [0.15, 0.2) is 0 Å². The molecule has 1 aromatic rings. The van der Waals surface area contributed by atoms with Crippen LogP contribution in [0.5, 0.6) is 0 Å². The molecule has 0 aliphatic carbocycles. The summed E-state index contributed by atoms with van der Waals surface area (Å²) in [4.78, 5) is 22.7. The molecule has 0 heterocycles. The number of amides is 2. The zero-order chi connectivity index (χ0) is 14.8. The molecule has 0 bridgehead atoms. The van der Waals surface area contributed by atoms with Crippen molar-refractivity contribution in [2.75, 3.05) is 19.7 Å². The fraction of sp³-hybridized carbons (Fsp3) is 0.467. The average molecular weight is 278 g/mol. The molecule has 1 rings (SSSR count). The van der Waals surface area contributed by atoms with Crippen LogP contribution in [0.3, 0.4) is 0 Å². The van der Waals surface area contributed by atoms with E-state index in [0.717, 1.165) is 5.56 Å². The summed E-state index contributed by atoms with van der Waals surface area (Å²) < 4.78 is 0. The van der Waals surface area contributed by atoms with E-state index < -0.39 is 11.8 Å². The molecule has 2 amide bonds. The zero-order valence-electron chi connectivity index (χ0n) is 11.8. The molecule has 1 unspecified atom stereocenters. The van der Waals surface area contributed by atoms with E-state index in [1.165, 1.54) is 0 Å². The second-order valence-electron chi connectivity index (χ2n) is 4.52. The van der Waals surface area contributed by atoms with Crippen LogP contribution in [0.25, 0.3) is 0 Å². The third kappa shape index (κ3) is 5.40. The minimum atomic E-state index is -0.609. The molecule has 0 aliphatic rings. The van der Waals surface area contributed by atoms with Crippen molar-refractivity contribution in [2.24, 2.45) is 0 Å². The van der Waals surface area contributed by atoms with E-state index in [1.807, 2.05) is 30.3 Å². The van der Waals surface area contributed by atoms with Crippen LogP contribution in [0.2, 0.25) is 0 Å². The highest BCUT2D eigenvalue weighted by Crippen LogP contribution is 2.22. The number of benzene rings is 1. The van der Waals surface area contributed by atoms with Gasteiger partial charge >= 0.3 is 11.8 Å². The first-order valence-electron chi connectivity index (χ1n) is 6.90. The molecule has 20 heavy (non-hydrogen) atoms. The van der Waals surface area contributed by atoms with Crippen LogP contribution in [0, 0.1) is 0 Å². The van der Waals surface area contributed by atoms with Crippen molar-refractivity contribution >= 4 is 11.8 Å². The van der Waals surface area contributed by atoms with Crippen molar-refractivity contribution in [1.29, 1.82) is 0 Å². The molecule has 3 N–H and O–H groups in total. The van der Waals surface area contributed by atoms with Crippen molar-refractivity contribution in [3.63, 3.8) is 0 Å². The Morgan fingerprint density at radius 2 is 1.75 bits per heavy atom. The van der Waals surface area contributed by atoms with Crippen molar-refractivity contribution < 1.29 is 14.7 Å². The first-order chi connectivity index (χ1) is 9.69. The number of hydrogen-bond acceptors (Lipinski definition) is 3. The van der Waals surface area contributed by atoms with Crippen molar-refractivity contribution in [2.45, 2.75) is 25.7 Å². The highest BCUT2D eigenvalue weighted by molar-refractivity contribution is 6.35. The van der Waals surface area contributed by atoms with Crippen LogP contribution < -0.4 is 10.6 Å². The fourth-order valence-electron chi connectivity index (χ4n) is 2.04. The fourth-order valence-corrected chi connectivity index (χ4v) is 2.04. The predicted molar refractivity (Wildman–Crippen MR) is 77.2 cm³/mol. The molecular formula is C15H22N2O3. The van der Waals surface area contributed by atoms with Gasteiger partial charge in [0.1, 0.15) is 0 Å². The van der Waals surface area contributed by atoms with E-state index in [1.54, 1.807) is 6.92 Å². The van der Waals surface area contributed by atoms with E-state index in [0.29, 0.717) is 25.9 Å². The van der Waals surface area contributed by atoms with Crippen LogP contribution >= 0.6 is 0 Å². The van der Waals surface area contributed by atoms with Gasteiger partial charge in [0, 0.05) is 19.7 Å². The summed E-state index contributed by atoms with van der Waals surface area (Å²) in [5.74, 6) is -1.04.